The second kappa shape index (κ2) is 8.79. The van der Waals surface area contributed by atoms with Crippen molar-refractivity contribution in [2.24, 2.45) is 5.92 Å². The lowest BCUT2D eigenvalue weighted by Gasteiger charge is -2.03. The Hall–Kier alpha value is -0.790. The van der Waals surface area contributed by atoms with Gasteiger partial charge in [-0.15, -0.1) is 0 Å². The summed E-state index contributed by atoms with van der Waals surface area (Å²) in [4.78, 5) is 11.0. The highest BCUT2D eigenvalue weighted by Crippen LogP contribution is 2.09. The lowest BCUT2D eigenvalue weighted by Crippen LogP contribution is -2.01. The van der Waals surface area contributed by atoms with Gasteiger partial charge in [0.2, 0.25) is 0 Å². The van der Waals surface area contributed by atoms with Crippen LogP contribution in [-0.4, -0.2) is 12.6 Å². The van der Waals surface area contributed by atoms with Crippen LogP contribution >= 0.6 is 0 Å². The third-order valence-corrected chi connectivity index (χ3v) is 2.07. The van der Waals surface area contributed by atoms with Crippen LogP contribution in [-0.2, 0) is 9.53 Å². The maximum Gasteiger partial charge on any atom is 0.309 e. The van der Waals surface area contributed by atoms with Gasteiger partial charge in [-0.05, 0) is 19.3 Å². The number of rotatable bonds is 7. The molecule has 0 radical (unpaired) electrons. The molecular formula is C12H22O2. The average Bonchev–Trinajstić information content (AvgIpc) is 2.15. The Bertz CT molecular complexity index is 173. The van der Waals surface area contributed by atoms with Gasteiger partial charge in [-0.2, -0.15) is 0 Å². The predicted octanol–water partition coefficient (Wildman–Crippen LogP) is 3.32. The highest BCUT2D eigenvalue weighted by atomic mass is 16.5. The predicted molar refractivity (Wildman–Crippen MR) is 59.1 cm³/mol. The summed E-state index contributed by atoms with van der Waals surface area (Å²) in [6, 6.07) is 0. The maximum atomic E-state index is 11.0. The number of ether oxygens (including phenoxy) is 1. The molecule has 82 valence electrons. The second-order valence-electron chi connectivity index (χ2n) is 3.56. The average molecular weight is 198 g/mol. The molecular weight excluding hydrogens is 176 g/mol. The first-order chi connectivity index (χ1) is 6.70. The summed E-state index contributed by atoms with van der Waals surface area (Å²) in [5.74, 6) is 0.441. The minimum absolute atomic E-state index is 0.133. The van der Waals surface area contributed by atoms with Crippen LogP contribution in [0.25, 0.3) is 0 Å². The second-order valence-corrected chi connectivity index (χ2v) is 3.56. The standard InChI is InChI=1S/C12H22O2/c1-4-6-8-11(3)9-7-10-12(13)14-5-2/h7,9,11H,4-6,8,10H2,1-3H3/t11-/m1/s1. The van der Waals surface area contributed by atoms with Crippen molar-refractivity contribution in [3.05, 3.63) is 12.2 Å². The lowest BCUT2D eigenvalue weighted by molar-refractivity contribution is -0.142. The molecule has 0 aliphatic rings. The zero-order chi connectivity index (χ0) is 10.8. The van der Waals surface area contributed by atoms with Crippen LogP contribution in [0.2, 0.25) is 0 Å². The molecule has 0 saturated heterocycles. The van der Waals surface area contributed by atoms with E-state index in [9.17, 15) is 4.79 Å². The number of unbranched alkanes of at least 4 members (excludes halogenated alkanes) is 1. The maximum absolute atomic E-state index is 11.0. The topological polar surface area (TPSA) is 26.3 Å². The summed E-state index contributed by atoms with van der Waals surface area (Å²) in [5, 5.41) is 0. The molecule has 0 aromatic carbocycles. The molecule has 0 aliphatic carbocycles. The largest absolute Gasteiger partial charge is 0.466 e. The van der Waals surface area contributed by atoms with E-state index in [1.807, 2.05) is 13.0 Å². The number of hydrogen-bond acceptors (Lipinski definition) is 2. The van der Waals surface area contributed by atoms with Gasteiger partial charge in [0.05, 0.1) is 13.0 Å². The molecule has 0 unspecified atom stereocenters. The van der Waals surface area contributed by atoms with Crippen LogP contribution in [0.15, 0.2) is 12.2 Å². The molecule has 14 heavy (non-hydrogen) atoms. The molecule has 0 heterocycles. The van der Waals surface area contributed by atoms with Gasteiger partial charge in [-0.3, -0.25) is 4.79 Å². The summed E-state index contributed by atoms with van der Waals surface area (Å²) < 4.78 is 4.81. The minimum Gasteiger partial charge on any atom is -0.466 e. The van der Waals surface area contributed by atoms with Crippen molar-refractivity contribution in [1.82, 2.24) is 0 Å². The van der Waals surface area contributed by atoms with E-state index in [4.69, 9.17) is 4.74 Å². The smallest absolute Gasteiger partial charge is 0.309 e. The van der Waals surface area contributed by atoms with Crippen molar-refractivity contribution in [3.8, 4) is 0 Å². The van der Waals surface area contributed by atoms with Crippen molar-refractivity contribution in [2.75, 3.05) is 6.61 Å². The monoisotopic (exact) mass is 198 g/mol. The van der Waals surface area contributed by atoms with Gasteiger partial charge in [0.25, 0.3) is 0 Å². The Labute approximate surface area is 87.3 Å². The van der Waals surface area contributed by atoms with Crippen molar-refractivity contribution < 1.29 is 9.53 Å². The van der Waals surface area contributed by atoms with Crippen LogP contribution < -0.4 is 0 Å². The van der Waals surface area contributed by atoms with E-state index in [1.54, 1.807) is 0 Å². The first-order valence-electron chi connectivity index (χ1n) is 5.53. The highest BCUT2D eigenvalue weighted by molar-refractivity contribution is 5.71. The third kappa shape index (κ3) is 7.84. The van der Waals surface area contributed by atoms with E-state index in [1.165, 1.54) is 19.3 Å². The SMILES string of the molecule is CCCC[C@@H](C)C=CCC(=O)OCC. The zero-order valence-electron chi connectivity index (χ0n) is 9.58. The Morgan fingerprint density at radius 3 is 2.71 bits per heavy atom. The molecule has 0 fully saturated rings. The fourth-order valence-electron chi connectivity index (χ4n) is 1.24. The number of allylic oxidation sites excluding steroid dienone is 1. The van der Waals surface area contributed by atoms with E-state index < -0.39 is 0 Å². The Balaban J connectivity index is 3.55. The highest BCUT2D eigenvalue weighted by Gasteiger charge is 1.98. The van der Waals surface area contributed by atoms with Gasteiger partial charge in [-0.25, -0.2) is 0 Å². The summed E-state index contributed by atoms with van der Waals surface area (Å²) in [7, 11) is 0. The van der Waals surface area contributed by atoms with Crippen molar-refractivity contribution in [1.29, 1.82) is 0 Å². The minimum atomic E-state index is -0.133. The summed E-state index contributed by atoms with van der Waals surface area (Å²) >= 11 is 0. The van der Waals surface area contributed by atoms with E-state index in [0.717, 1.165) is 0 Å². The van der Waals surface area contributed by atoms with Gasteiger partial charge < -0.3 is 4.74 Å². The molecule has 0 aliphatic heterocycles. The van der Waals surface area contributed by atoms with Crippen LogP contribution in [0.4, 0.5) is 0 Å². The third-order valence-electron chi connectivity index (χ3n) is 2.07. The van der Waals surface area contributed by atoms with Gasteiger partial charge in [0.1, 0.15) is 0 Å². The molecule has 0 bridgehead atoms. The first kappa shape index (κ1) is 13.2. The molecule has 0 aromatic heterocycles. The van der Waals surface area contributed by atoms with E-state index in [2.05, 4.69) is 19.9 Å². The Morgan fingerprint density at radius 2 is 2.14 bits per heavy atom. The Morgan fingerprint density at radius 1 is 1.43 bits per heavy atom. The number of carbonyl (C=O) groups is 1. The number of esters is 1. The quantitative estimate of drug-likeness (QED) is 0.463. The molecule has 0 spiro atoms. The fraction of sp³-hybridized carbons (Fsp3) is 0.750. The fourth-order valence-corrected chi connectivity index (χ4v) is 1.24. The number of hydrogen-bond donors (Lipinski definition) is 0. The first-order valence-corrected chi connectivity index (χ1v) is 5.53. The molecule has 2 heteroatoms. The van der Waals surface area contributed by atoms with E-state index in [-0.39, 0.29) is 5.97 Å². The van der Waals surface area contributed by atoms with Crippen LogP contribution in [0.3, 0.4) is 0 Å². The van der Waals surface area contributed by atoms with Gasteiger partial charge >= 0.3 is 5.97 Å². The molecule has 0 amide bonds. The van der Waals surface area contributed by atoms with Gasteiger partial charge in [0.15, 0.2) is 0 Å². The van der Waals surface area contributed by atoms with Crippen molar-refractivity contribution in [2.45, 2.75) is 46.5 Å². The molecule has 0 aromatic rings. The summed E-state index contributed by atoms with van der Waals surface area (Å²) in [6.45, 7) is 6.66. The van der Waals surface area contributed by atoms with Gasteiger partial charge in [0, 0.05) is 0 Å². The zero-order valence-corrected chi connectivity index (χ0v) is 9.58. The molecule has 1 atom stereocenters. The van der Waals surface area contributed by atoms with Crippen LogP contribution in [0, 0.1) is 5.92 Å². The molecule has 2 nitrogen and oxygen atoms in total. The van der Waals surface area contributed by atoms with Gasteiger partial charge in [-0.1, -0.05) is 38.8 Å². The molecule has 0 N–H and O–H groups in total. The number of carbonyl (C=O) groups excluding carboxylic acids is 1. The molecule has 0 rings (SSSR count). The van der Waals surface area contributed by atoms with E-state index in [0.29, 0.717) is 18.9 Å². The van der Waals surface area contributed by atoms with Crippen LogP contribution in [0.5, 0.6) is 0 Å². The Kier molecular flexibility index (Phi) is 8.30. The van der Waals surface area contributed by atoms with E-state index >= 15 is 0 Å². The van der Waals surface area contributed by atoms with Crippen molar-refractivity contribution in [3.63, 3.8) is 0 Å². The molecule has 0 saturated carbocycles. The summed E-state index contributed by atoms with van der Waals surface area (Å²) in [6.07, 6.45) is 8.12. The van der Waals surface area contributed by atoms with Crippen LogP contribution in [0.1, 0.15) is 46.5 Å². The lowest BCUT2D eigenvalue weighted by atomic mass is 10.0. The van der Waals surface area contributed by atoms with Crippen molar-refractivity contribution >= 4 is 5.97 Å². The normalized spacial score (nSPS) is 13.1. The summed E-state index contributed by atoms with van der Waals surface area (Å²) in [5.41, 5.74) is 0.